The van der Waals surface area contributed by atoms with Gasteiger partial charge in [-0.15, -0.1) is 0 Å². The van der Waals surface area contributed by atoms with Crippen LogP contribution in [0, 0.1) is 20.2 Å². The molecule has 0 aliphatic heterocycles. The molecule has 2 aromatic heterocycles. The van der Waals surface area contributed by atoms with Crippen LogP contribution in [0.25, 0.3) is 0 Å². The molecule has 13 heteroatoms. The van der Waals surface area contributed by atoms with Crippen LogP contribution in [-0.2, 0) is 7.05 Å². The highest BCUT2D eigenvalue weighted by Crippen LogP contribution is 2.22. The van der Waals surface area contributed by atoms with Crippen molar-refractivity contribution in [2.24, 2.45) is 7.05 Å². The average molecular weight is 285 g/mol. The van der Waals surface area contributed by atoms with Crippen LogP contribution in [0.5, 0.6) is 0 Å². The number of hydrogen-bond donors (Lipinski definition) is 2. The van der Waals surface area contributed by atoms with Crippen LogP contribution in [0.2, 0.25) is 0 Å². The predicted octanol–water partition coefficient (Wildman–Crippen LogP) is -0.261. The molecular weight excluding hydrogens is 278 g/mol. The van der Waals surface area contributed by atoms with Crippen molar-refractivity contribution < 1.29 is 19.7 Å². The molecule has 0 saturated heterocycles. The van der Waals surface area contributed by atoms with E-state index in [0.29, 0.717) is 0 Å². The molecule has 0 bridgehead atoms. The summed E-state index contributed by atoms with van der Waals surface area (Å²) in [6, 6.07) is 0. The summed E-state index contributed by atoms with van der Waals surface area (Å²) in [6.07, 6.45) is 3.14. The summed E-state index contributed by atoms with van der Waals surface area (Å²) >= 11 is 0. The Bertz CT molecular complexity index is 601. The highest BCUT2D eigenvalue weighted by Gasteiger charge is 2.34. The number of aryl methyl sites for hydroxylation is 1. The number of nitrogens with zero attached hydrogens (tertiary/aromatic N) is 6. The van der Waals surface area contributed by atoms with E-state index in [9.17, 15) is 25.0 Å². The van der Waals surface area contributed by atoms with Crippen molar-refractivity contribution in [3.8, 4) is 0 Å². The van der Waals surface area contributed by atoms with E-state index in [-0.39, 0.29) is 0 Å². The number of aromatic nitrogens is 5. The molecule has 13 nitrogen and oxygen atoms in total. The number of carboxylic acids is 1. The van der Waals surface area contributed by atoms with Gasteiger partial charge in [-0.05, 0) is 9.85 Å². The Kier molecular flexibility index (Phi) is 4.39. The molecule has 20 heavy (non-hydrogen) atoms. The lowest BCUT2D eigenvalue weighted by Gasteiger charge is -1.88. The molecule has 0 fully saturated rings. The number of carbonyl (C=O) groups is 1. The minimum Gasteiger partial charge on any atom is -0.472 e. The highest BCUT2D eigenvalue weighted by molar-refractivity contribution is 5.84. The van der Waals surface area contributed by atoms with Crippen molar-refractivity contribution in [2.75, 3.05) is 0 Å². The fraction of sp³-hybridized carbons (Fsp3) is 0.143. The van der Waals surface area contributed by atoms with Gasteiger partial charge < -0.3 is 25.3 Å². The predicted molar refractivity (Wildman–Crippen MR) is 59.9 cm³/mol. The summed E-state index contributed by atoms with van der Waals surface area (Å²) in [4.78, 5) is 36.7. The lowest BCUT2D eigenvalue weighted by atomic mass is 10.6. The van der Waals surface area contributed by atoms with Crippen LogP contribution >= 0.6 is 0 Å². The van der Waals surface area contributed by atoms with Gasteiger partial charge in [0, 0.05) is 12.0 Å². The van der Waals surface area contributed by atoms with Gasteiger partial charge in [0.1, 0.15) is 12.7 Å². The highest BCUT2D eigenvalue weighted by atomic mass is 16.6. The van der Waals surface area contributed by atoms with Gasteiger partial charge in [0.15, 0.2) is 0 Å². The topological polar surface area (TPSA) is 183 Å². The average Bonchev–Trinajstić information content (AvgIpc) is 2.97. The summed E-state index contributed by atoms with van der Waals surface area (Å²) in [5.74, 6) is -4.62. The molecule has 0 aromatic carbocycles. The number of nitro groups is 2. The van der Waals surface area contributed by atoms with Crippen molar-refractivity contribution in [1.82, 2.24) is 24.7 Å². The Morgan fingerprint density at radius 3 is 2.30 bits per heavy atom. The van der Waals surface area contributed by atoms with Crippen molar-refractivity contribution in [3.05, 3.63) is 38.7 Å². The minimum absolute atomic E-state index is 0.844. The molecule has 2 heterocycles. The van der Waals surface area contributed by atoms with Gasteiger partial charge in [0.05, 0.1) is 0 Å². The lowest BCUT2D eigenvalue weighted by Crippen LogP contribution is -1.98. The standard InChI is InChI=1S/C4H2N4O6.C3H5N3/c9-4(10)1-5-2(7(11)12)3(6-1)8(13)14;1-6-3-4-2-5-6/h(H,5,6)(H,9,10);2-3H,1H3. The molecule has 0 aliphatic carbocycles. The van der Waals surface area contributed by atoms with E-state index < -0.39 is 33.3 Å². The Balaban J connectivity index is 0.000000276. The zero-order valence-electron chi connectivity index (χ0n) is 9.83. The minimum atomic E-state index is -1.61. The molecular formula is C7H7N7O6. The lowest BCUT2D eigenvalue weighted by molar-refractivity contribution is -0.427. The first kappa shape index (κ1) is 14.7. The molecule has 2 N–H and O–H groups in total. The van der Waals surface area contributed by atoms with Crippen molar-refractivity contribution >= 4 is 17.6 Å². The van der Waals surface area contributed by atoms with Gasteiger partial charge in [-0.2, -0.15) is 10.1 Å². The van der Waals surface area contributed by atoms with Gasteiger partial charge in [0.2, 0.25) is 0 Å². The zero-order valence-corrected chi connectivity index (χ0v) is 9.83. The third-order valence-corrected chi connectivity index (χ3v) is 1.76. The second-order valence-corrected chi connectivity index (χ2v) is 3.15. The van der Waals surface area contributed by atoms with Gasteiger partial charge >= 0.3 is 23.4 Å². The summed E-state index contributed by atoms with van der Waals surface area (Å²) in [5.41, 5.74) is 0. The molecule has 2 rings (SSSR count). The third kappa shape index (κ3) is 3.56. The molecule has 0 atom stereocenters. The van der Waals surface area contributed by atoms with Crippen LogP contribution in [0.3, 0.4) is 0 Å². The van der Waals surface area contributed by atoms with Gasteiger partial charge in [0.25, 0.3) is 0 Å². The number of aromatic amines is 1. The van der Waals surface area contributed by atoms with Crippen molar-refractivity contribution in [3.63, 3.8) is 0 Å². The van der Waals surface area contributed by atoms with E-state index in [0.717, 1.165) is 0 Å². The van der Waals surface area contributed by atoms with E-state index in [1.165, 1.54) is 6.33 Å². The van der Waals surface area contributed by atoms with E-state index in [2.05, 4.69) is 15.1 Å². The fourth-order valence-corrected chi connectivity index (χ4v) is 0.978. The smallest absolute Gasteiger partial charge is 0.463 e. The van der Waals surface area contributed by atoms with Crippen LogP contribution in [-0.4, -0.2) is 45.7 Å². The van der Waals surface area contributed by atoms with E-state index >= 15 is 0 Å². The first-order chi connectivity index (χ1) is 9.32. The molecule has 0 spiro atoms. The molecule has 0 saturated carbocycles. The fourth-order valence-electron chi connectivity index (χ4n) is 0.978. The van der Waals surface area contributed by atoms with Gasteiger partial charge in [-0.25, -0.2) is 9.78 Å². The number of nitrogens with one attached hydrogen (secondary N) is 1. The second-order valence-electron chi connectivity index (χ2n) is 3.15. The largest absolute Gasteiger partial charge is 0.472 e. The van der Waals surface area contributed by atoms with Crippen LogP contribution in [0.1, 0.15) is 10.6 Å². The molecule has 0 radical (unpaired) electrons. The van der Waals surface area contributed by atoms with Crippen LogP contribution < -0.4 is 0 Å². The summed E-state index contributed by atoms with van der Waals surface area (Å²) in [7, 11) is 1.83. The maximum atomic E-state index is 10.3. The van der Waals surface area contributed by atoms with Crippen molar-refractivity contribution in [1.29, 1.82) is 0 Å². The number of hydrogen-bond acceptors (Lipinski definition) is 8. The maximum Gasteiger partial charge on any atom is 0.463 e. The SMILES string of the molecule is Cn1cncn1.O=C(O)c1nc([N+](=O)[O-])c([N+](=O)[O-])[nH]1. The molecule has 106 valence electrons. The van der Waals surface area contributed by atoms with Crippen LogP contribution in [0.4, 0.5) is 11.6 Å². The number of H-pyrrole nitrogens is 1. The number of carboxylic acid groups (broad SMARTS) is 1. The first-order valence-corrected chi connectivity index (χ1v) is 4.73. The quantitative estimate of drug-likeness (QED) is 0.566. The summed E-state index contributed by atoms with van der Waals surface area (Å²) in [5, 5.41) is 32.5. The summed E-state index contributed by atoms with van der Waals surface area (Å²) in [6.45, 7) is 0. The van der Waals surface area contributed by atoms with E-state index in [4.69, 9.17) is 5.11 Å². The maximum absolute atomic E-state index is 10.3. The first-order valence-electron chi connectivity index (χ1n) is 4.73. The second kappa shape index (κ2) is 5.98. The van der Waals surface area contributed by atoms with E-state index in [1.54, 1.807) is 16.0 Å². The zero-order chi connectivity index (χ0) is 15.3. The molecule has 0 amide bonds. The Morgan fingerprint density at radius 2 is 2.05 bits per heavy atom. The third-order valence-electron chi connectivity index (χ3n) is 1.76. The van der Waals surface area contributed by atoms with Crippen molar-refractivity contribution in [2.45, 2.75) is 0 Å². The number of imidazole rings is 1. The number of rotatable bonds is 3. The summed E-state index contributed by atoms with van der Waals surface area (Å²) < 4.78 is 1.64. The molecule has 2 aromatic rings. The monoisotopic (exact) mass is 285 g/mol. The van der Waals surface area contributed by atoms with E-state index in [1.807, 2.05) is 7.05 Å². The Hall–Kier alpha value is -3.38. The Morgan fingerprint density at radius 1 is 1.40 bits per heavy atom. The number of aromatic carboxylic acids is 1. The molecule has 0 unspecified atom stereocenters. The van der Waals surface area contributed by atoms with Gasteiger partial charge in [-0.3, -0.25) is 4.68 Å². The molecule has 0 aliphatic rings. The van der Waals surface area contributed by atoms with Gasteiger partial charge in [-0.1, -0.05) is 0 Å². The Labute approximate surface area is 109 Å². The van der Waals surface area contributed by atoms with Crippen LogP contribution in [0.15, 0.2) is 12.7 Å². The normalized spacial score (nSPS) is 9.45.